The van der Waals surface area contributed by atoms with Crippen molar-refractivity contribution in [1.82, 2.24) is 9.55 Å². The fraction of sp³-hybridized carbons (Fsp3) is 0.231. The highest BCUT2D eigenvalue weighted by Crippen LogP contribution is 2.27. The number of rotatable bonds is 7. The lowest BCUT2D eigenvalue weighted by molar-refractivity contribution is 0.101. The van der Waals surface area contributed by atoms with Crippen LogP contribution in [-0.4, -0.2) is 36.6 Å². The highest BCUT2D eigenvalue weighted by atomic mass is 32.2. The minimum atomic E-state index is -4.00. The van der Waals surface area contributed by atoms with E-state index in [4.69, 9.17) is 4.74 Å². The van der Waals surface area contributed by atoms with Crippen LogP contribution in [0.1, 0.15) is 32.7 Å². The van der Waals surface area contributed by atoms with Crippen molar-refractivity contribution < 1.29 is 17.9 Å². The third-order valence-electron chi connectivity index (χ3n) is 5.82. The molecule has 0 N–H and O–H groups in total. The predicted octanol–water partition coefficient (Wildman–Crippen LogP) is 4.68. The van der Waals surface area contributed by atoms with Crippen molar-refractivity contribution in [1.29, 1.82) is 0 Å². The fourth-order valence-corrected chi connectivity index (χ4v) is 5.62. The standard InChI is InChI=1S/C26H26N2O4S/c1-17-12-18(2)21(19(3)13-17)15-28-22-9-6-5-8-20(22)14-23(28)24(29)16-33(30,31)26-25(32-4)10-7-11-27-26/h5-14H,15-16H2,1-4H3. The molecule has 0 radical (unpaired) electrons. The summed E-state index contributed by atoms with van der Waals surface area (Å²) in [5.41, 5.74) is 5.80. The number of pyridine rings is 1. The molecular weight excluding hydrogens is 436 g/mol. The molecule has 0 saturated heterocycles. The Kier molecular flexibility index (Phi) is 6.08. The van der Waals surface area contributed by atoms with Crippen LogP contribution >= 0.6 is 0 Å². The number of aromatic nitrogens is 2. The van der Waals surface area contributed by atoms with E-state index in [1.807, 2.05) is 28.8 Å². The molecule has 4 aromatic rings. The van der Waals surface area contributed by atoms with Gasteiger partial charge in [0.25, 0.3) is 0 Å². The molecule has 33 heavy (non-hydrogen) atoms. The van der Waals surface area contributed by atoms with E-state index < -0.39 is 21.4 Å². The van der Waals surface area contributed by atoms with Crippen molar-refractivity contribution in [3.63, 3.8) is 0 Å². The van der Waals surface area contributed by atoms with Crippen LogP contribution < -0.4 is 4.74 Å². The smallest absolute Gasteiger partial charge is 0.206 e. The molecule has 0 atom stereocenters. The number of benzene rings is 2. The van der Waals surface area contributed by atoms with Gasteiger partial charge in [-0.25, -0.2) is 13.4 Å². The zero-order valence-corrected chi connectivity index (χ0v) is 19.9. The molecule has 2 aromatic heterocycles. The summed E-state index contributed by atoms with van der Waals surface area (Å²) in [6.45, 7) is 6.64. The molecule has 0 spiro atoms. The SMILES string of the molecule is COc1cccnc1S(=O)(=O)CC(=O)c1cc2ccccc2n1Cc1c(C)cc(C)cc1C. The van der Waals surface area contributed by atoms with Crippen molar-refractivity contribution in [2.24, 2.45) is 0 Å². The monoisotopic (exact) mass is 462 g/mol. The van der Waals surface area contributed by atoms with E-state index in [-0.39, 0.29) is 10.8 Å². The largest absolute Gasteiger partial charge is 0.494 e. The Bertz CT molecular complexity index is 1450. The van der Waals surface area contributed by atoms with Crippen molar-refractivity contribution in [3.8, 4) is 5.75 Å². The second-order valence-corrected chi connectivity index (χ2v) is 10.1. The normalized spacial score (nSPS) is 11.6. The van der Waals surface area contributed by atoms with Crippen LogP contribution in [-0.2, 0) is 16.4 Å². The number of ether oxygens (including phenoxy) is 1. The maximum absolute atomic E-state index is 13.4. The number of fused-ring (bicyclic) bond motifs is 1. The van der Waals surface area contributed by atoms with E-state index in [2.05, 4.69) is 37.9 Å². The number of carbonyl (C=O) groups excluding carboxylic acids is 1. The van der Waals surface area contributed by atoms with E-state index >= 15 is 0 Å². The minimum Gasteiger partial charge on any atom is -0.494 e. The molecule has 0 aliphatic carbocycles. The van der Waals surface area contributed by atoms with Crippen LogP contribution in [0.15, 0.2) is 65.8 Å². The third kappa shape index (κ3) is 4.41. The Labute approximate surface area is 193 Å². The Hall–Kier alpha value is -3.45. The van der Waals surface area contributed by atoms with Gasteiger partial charge in [-0.1, -0.05) is 35.9 Å². The lowest BCUT2D eigenvalue weighted by Crippen LogP contribution is -2.21. The number of methoxy groups -OCH3 is 1. The van der Waals surface area contributed by atoms with Crippen LogP contribution in [0.25, 0.3) is 10.9 Å². The molecule has 4 rings (SSSR count). The molecule has 6 nitrogen and oxygen atoms in total. The molecule has 0 fully saturated rings. The van der Waals surface area contributed by atoms with E-state index in [1.165, 1.54) is 24.9 Å². The lowest BCUT2D eigenvalue weighted by Gasteiger charge is -2.16. The summed E-state index contributed by atoms with van der Waals surface area (Å²) < 4.78 is 33.2. The van der Waals surface area contributed by atoms with E-state index in [0.29, 0.717) is 12.2 Å². The average Bonchev–Trinajstić information content (AvgIpc) is 3.14. The number of hydrogen-bond acceptors (Lipinski definition) is 5. The molecule has 0 aliphatic rings. The van der Waals surface area contributed by atoms with Gasteiger partial charge >= 0.3 is 0 Å². The van der Waals surface area contributed by atoms with Crippen molar-refractivity contribution in [2.45, 2.75) is 32.3 Å². The zero-order chi connectivity index (χ0) is 23.8. The van der Waals surface area contributed by atoms with Crippen LogP contribution in [0.3, 0.4) is 0 Å². The van der Waals surface area contributed by atoms with Crippen LogP contribution in [0.5, 0.6) is 5.75 Å². The number of nitrogens with zero attached hydrogens (tertiary/aromatic N) is 2. The zero-order valence-electron chi connectivity index (χ0n) is 19.1. The minimum absolute atomic E-state index is 0.122. The maximum Gasteiger partial charge on any atom is 0.206 e. The summed E-state index contributed by atoms with van der Waals surface area (Å²) in [6, 6.07) is 16.8. The topological polar surface area (TPSA) is 78.3 Å². The molecule has 0 aliphatic heterocycles. The highest BCUT2D eigenvalue weighted by molar-refractivity contribution is 7.92. The van der Waals surface area contributed by atoms with Gasteiger partial charge < -0.3 is 9.30 Å². The lowest BCUT2D eigenvalue weighted by atomic mass is 9.99. The van der Waals surface area contributed by atoms with Gasteiger partial charge in [-0.05, 0) is 61.7 Å². The fourth-order valence-electron chi connectivity index (χ4n) is 4.31. The van der Waals surface area contributed by atoms with Crippen molar-refractivity contribution >= 4 is 26.5 Å². The summed E-state index contributed by atoms with van der Waals surface area (Å²) in [7, 11) is -2.62. The molecular formula is C26H26N2O4S. The number of carbonyl (C=O) groups is 1. The first-order valence-electron chi connectivity index (χ1n) is 10.6. The molecule has 0 unspecified atom stereocenters. The third-order valence-corrected chi connectivity index (χ3v) is 7.36. The molecule has 0 saturated carbocycles. The Morgan fingerprint density at radius 1 is 1.00 bits per heavy atom. The predicted molar refractivity (Wildman–Crippen MR) is 129 cm³/mol. The second kappa shape index (κ2) is 8.83. The molecule has 0 bridgehead atoms. The van der Waals surface area contributed by atoms with E-state index in [1.54, 1.807) is 12.1 Å². The van der Waals surface area contributed by atoms with Crippen LogP contribution in [0.4, 0.5) is 0 Å². The first-order chi connectivity index (χ1) is 15.7. The molecule has 170 valence electrons. The Balaban J connectivity index is 1.78. The summed E-state index contributed by atoms with van der Waals surface area (Å²) in [6.07, 6.45) is 1.37. The van der Waals surface area contributed by atoms with Gasteiger partial charge in [-0.2, -0.15) is 0 Å². The summed E-state index contributed by atoms with van der Waals surface area (Å²) >= 11 is 0. The average molecular weight is 463 g/mol. The van der Waals surface area contributed by atoms with Gasteiger partial charge in [0.2, 0.25) is 9.84 Å². The molecule has 2 heterocycles. The molecule has 2 aromatic carbocycles. The number of para-hydroxylation sites is 1. The van der Waals surface area contributed by atoms with Gasteiger partial charge in [-0.15, -0.1) is 0 Å². The number of hydrogen-bond donors (Lipinski definition) is 0. The second-order valence-electron chi connectivity index (χ2n) is 8.24. The van der Waals surface area contributed by atoms with Crippen molar-refractivity contribution in [3.05, 3.63) is 88.7 Å². The van der Waals surface area contributed by atoms with E-state index in [0.717, 1.165) is 27.6 Å². The first kappa shape index (κ1) is 22.7. The van der Waals surface area contributed by atoms with Gasteiger partial charge in [0.15, 0.2) is 16.6 Å². The number of Topliss-reactive ketones (excluding diaryl/α,β-unsaturated/α-hetero) is 1. The molecule has 7 heteroatoms. The van der Waals surface area contributed by atoms with Crippen molar-refractivity contribution in [2.75, 3.05) is 12.9 Å². The van der Waals surface area contributed by atoms with Crippen LogP contribution in [0, 0.1) is 20.8 Å². The quantitative estimate of drug-likeness (QED) is 0.373. The summed E-state index contributed by atoms with van der Waals surface area (Å²) in [5.74, 6) is -1.05. The van der Waals surface area contributed by atoms with Gasteiger partial charge in [0.1, 0.15) is 5.75 Å². The maximum atomic E-state index is 13.4. The van der Waals surface area contributed by atoms with Gasteiger partial charge in [-0.3, -0.25) is 4.79 Å². The first-order valence-corrected chi connectivity index (χ1v) is 12.3. The Morgan fingerprint density at radius 3 is 2.39 bits per heavy atom. The van der Waals surface area contributed by atoms with Crippen LogP contribution in [0.2, 0.25) is 0 Å². The molecule has 0 amide bonds. The Morgan fingerprint density at radius 2 is 1.70 bits per heavy atom. The number of sulfone groups is 1. The van der Waals surface area contributed by atoms with Gasteiger partial charge in [0, 0.05) is 23.6 Å². The van der Waals surface area contributed by atoms with Gasteiger partial charge in [0.05, 0.1) is 12.8 Å². The summed E-state index contributed by atoms with van der Waals surface area (Å²) in [4.78, 5) is 17.3. The number of aryl methyl sites for hydroxylation is 3. The summed E-state index contributed by atoms with van der Waals surface area (Å²) in [5, 5.41) is 0.657. The highest BCUT2D eigenvalue weighted by Gasteiger charge is 2.27. The van der Waals surface area contributed by atoms with E-state index in [9.17, 15) is 13.2 Å². The number of ketones is 1.